The minimum absolute atomic E-state index is 0.441. The fourth-order valence-electron chi connectivity index (χ4n) is 1.82. The van der Waals surface area contributed by atoms with Crippen LogP contribution < -0.4 is 0 Å². The average Bonchev–Trinajstić information content (AvgIpc) is 2.39. The second-order valence-corrected chi connectivity index (χ2v) is 4.99. The molecule has 88 valence electrons. The van der Waals surface area contributed by atoms with E-state index in [9.17, 15) is 0 Å². The van der Waals surface area contributed by atoms with Crippen LogP contribution in [0.25, 0.3) is 0 Å². The number of alkyl halides is 1. The Morgan fingerprint density at radius 1 is 1.18 bits per heavy atom. The molecule has 17 heavy (non-hydrogen) atoms. The summed E-state index contributed by atoms with van der Waals surface area (Å²) in [4.78, 5) is 4.01. The quantitative estimate of drug-likeness (QED) is 0.760. The van der Waals surface area contributed by atoms with Crippen LogP contribution >= 0.6 is 27.5 Å². The Kier molecular flexibility index (Phi) is 4.57. The van der Waals surface area contributed by atoms with Crippen LogP contribution in [0.5, 0.6) is 0 Å². The van der Waals surface area contributed by atoms with Crippen LogP contribution in [0, 0.1) is 0 Å². The molecule has 3 heteroatoms. The summed E-state index contributed by atoms with van der Waals surface area (Å²) in [6.07, 6.45) is 4.42. The van der Waals surface area contributed by atoms with Crippen LogP contribution in [0.4, 0.5) is 0 Å². The summed E-state index contributed by atoms with van der Waals surface area (Å²) in [7, 11) is 0. The van der Waals surface area contributed by atoms with Crippen molar-refractivity contribution in [2.75, 3.05) is 5.33 Å². The minimum Gasteiger partial charge on any atom is -0.263 e. The molecule has 0 bridgehead atoms. The van der Waals surface area contributed by atoms with Gasteiger partial charge in [0.1, 0.15) is 0 Å². The van der Waals surface area contributed by atoms with Gasteiger partial charge in [0.05, 0.1) is 5.02 Å². The van der Waals surface area contributed by atoms with E-state index in [1.54, 1.807) is 12.4 Å². The van der Waals surface area contributed by atoms with Crippen LogP contribution in [0.3, 0.4) is 0 Å². The summed E-state index contributed by atoms with van der Waals surface area (Å²) in [5.41, 5.74) is 2.48. The van der Waals surface area contributed by atoms with Gasteiger partial charge in [-0.15, -0.1) is 0 Å². The maximum Gasteiger partial charge on any atom is 0.0621 e. The molecule has 0 aliphatic rings. The third kappa shape index (κ3) is 3.30. The smallest absolute Gasteiger partial charge is 0.0621 e. The van der Waals surface area contributed by atoms with Gasteiger partial charge in [-0.25, -0.2) is 0 Å². The second kappa shape index (κ2) is 6.18. The first-order valence-electron chi connectivity index (χ1n) is 5.50. The maximum atomic E-state index is 6.13. The number of hydrogen-bond donors (Lipinski definition) is 0. The molecule has 1 heterocycles. The Balaban J connectivity index is 2.19. The number of nitrogens with zero attached hydrogens (tertiary/aromatic N) is 1. The Morgan fingerprint density at radius 2 is 1.94 bits per heavy atom. The summed E-state index contributed by atoms with van der Waals surface area (Å²) in [5.74, 6) is 0.441. The molecule has 0 saturated carbocycles. The van der Waals surface area contributed by atoms with Crippen molar-refractivity contribution in [1.82, 2.24) is 4.98 Å². The van der Waals surface area contributed by atoms with E-state index >= 15 is 0 Å². The van der Waals surface area contributed by atoms with Crippen molar-refractivity contribution in [3.05, 3.63) is 64.9 Å². The Labute approximate surface area is 115 Å². The van der Waals surface area contributed by atoms with Crippen molar-refractivity contribution in [3.8, 4) is 0 Å². The van der Waals surface area contributed by atoms with Gasteiger partial charge in [-0.2, -0.15) is 0 Å². The van der Waals surface area contributed by atoms with Crippen LogP contribution in [0.15, 0.2) is 48.8 Å². The van der Waals surface area contributed by atoms with Gasteiger partial charge in [0.2, 0.25) is 0 Å². The van der Waals surface area contributed by atoms with Gasteiger partial charge in [-0.05, 0) is 29.5 Å². The van der Waals surface area contributed by atoms with Crippen molar-refractivity contribution >= 4 is 27.5 Å². The zero-order chi connectivity index (χ0) is 12.1. The van der Waals surface area contributed by atoms with E-state index in [0.717, 1.165) is 22.3 Å². The zero-order valence-corrected chi connectivity index (χ0v) is 11.7. The van der Waals surface area contributed by atoms with Gasteiger partial charge >= 0.3 is 0 Å². The number of halogens is 2. The maximum absolute atomic E-state index is 6.13. The number of benzene rings is 1. The van der Waals surface area contributed by atoms with E-state index in [1.807, 2.05) is 12.1 Å². The van der Waals surface area contributed by atoms with Gasteiger partial charge in [0, 0.05) is 17.7 Å². The molecule has 1 unspecified atom stereocenters. The molecule has 0 N–H and O–H groups in total. The number of pyridine rings is 1. The minimum atomic E-state index is 0.441. The lowest BCUT2D eigenvalue weighted by atomic mass is 9.94. The number of rotatable bonds is 4. The predicted octanol–water partition coefficient (Wildman–Crippen LogP) is 4.46. The molecule has 0 saturated heterocycles. The highest BCUT2D eigenvalue weighted by Crippen LogP contribution is 2.25. The molecule has 0 spiro atoms. The molecule has 0 radical (unpaired) electrons. The van der Waals surface area contributed by atoms with Crippen molar-refractivity contribution in [1.29, 1.82) is 0 Å². The standard InChI is InChI=1S/C14H13BrClN/c15-9-13(11-4-2-1-3-5-11)8-12-6-7-17-10-14(12)16/h1-7,10,13H,8-9H2. The summed E-state index contributed by atoms with van der Waals surface area (Å²) < 4.78 is 0. The molecule has 1 atom stereocenters. The first-order chi connectivity index (χ1) is 8.31. The SMILES string of the molecule is Clc1cnccc1CC(CBr)c1ccccc1. The molecule has 1 aromatic carbocycles. The van der Waals surface area contributed by atoms with Crippen LogP contribution in [-0.4, -0.2) is 10.3 Å². The molecule has 0 aliphatic heterocycles. The zero-order valence-electron chi connectivity index (χ0n) is 9.31. The van der Waals surface area contributed by atoms with Crippen molar-refractivity contribution < 1.29 is 0 Å². The van der Waals surface area contributed by atoms with E-state index < -0.39 is 0 Å². The lowest BCUT2D eigenvalue weighted by Crippen LogP contribution is -2.04. The fourth-order valence-corrected chi connectivity index (χ4v) is 2.62. The van der Waals surface area contributed by atoms with Gasteiger partial charge < -0.3 is 0 Å². The van der Waals surface area contributed by atoms with Gasteiger partial charge in [-0.1, -0.05) is 57.9 Å². The molecular formula is C14H13BrClN. The third-order valence-corrected chi connectivity index (χ3v) is 3.90. The normalized spacial score (nSPS) is 12.4. The molecule has 0 fully saturated rings. The van der Waals surface area contributed by atoms with E-state index in [2.05, 4.69) is 45.2 Å². The topological polar surface area (TPSA) is 12.9 Å². The fraction of sp³-hybridized carbons (Fsp3) is 0.214. The van der Waals surface area contributed by atoms with Crippen molar-refractivity contribution in [2.24, 2.45) is 0 Å². The van der Waals surface area contributed by atoms with E-state index in [4.69, 9.17) is 11.6 Å². The summed E-state index contributed by atoms with van der Waals surface area (Å²) >= 11 is 9.71. The third-order valence-electron chi connectivity index (χ3n) is 2.78. The van der Waals surface area contributed by atoms with E-state index in [-0.39, 0.29) is 0 Å². The number of hydrogen-bond acceptors (Lipinski definition) is 1. The number of aromatic nitrogens is 1. The highest BCUT2D eigenvalue weighted by atomic mass is 79.9. The lowest BCUT2D eigenvalue weighted by molar-refractivity contribution is 0.774. The van der Waals surface area contributed by atoms with Gasteiger partial charge in [0.15, 0.2) is 0 Å². The molecular weight excluding hydrogens is 298 g/mol. The van der Waals surface area contributed by atoms with E-state index in [0.29, 0.717) is 5.92 Å². The Hall–Kier alpha value is -0.860. The molecule has 0 amide bonds. The monoisotopic (exact) mass is 309 g/mol. The first kappa shape index (κ1) is 12.6. The van der Waals surface area contributed by atoms with Crippen molar-refractivity contribution in [2.45, 2.75) is 12.3 Å². The summed E-state index contributed by atoms with van der Waals surface area (Å²) in [6, 6.07) is 12.5. The van der Waals surface area contributed by atoms with Crippen LogP contribution in [-0.2, 0) is 6.42 Å². The molecule has 1 nitrogen and oxygen atoms in total. The summed E-state index contributed by atoms with van der Waals surface area (Å²) in [6.45, 7) is 0. The van der Waals surface area contributed by atoms with Gasteiger partial charge in [-0.3, -0.25) is 4.98 Å². The van der Waals surface area contributed by atoms with E-state index in [1.165, 1.54) is 5.56 Å². The molecule has 2 rings (SSSR count). The van der Waals surface area contributed by atoms with Gasteiger partial charge in [0.25, 0.3) is 0 Å². The van der Waals surface area contributed by atoms with Crippen molar-refractivity contribution in [3.63, 3.8) is 0 Å². The Morgan fingerprint density at radius 3 is 2.59 bits per heavy atom. The molecule has 2 aromatic rings. The predicted molar refractivity (Wildman–Crippen MR) is 75.9 cm³/mol. The Bertz CT molecular complexity index is 473. The molecule has 1 aromatic heterocycles. The largest absolute Gasteiger partial charge is 0.263 e. The summed E-state index contributed by atoms with van der Waals surface area (Å²) in [5, 5.41) is 1.67. The van der Waals surface area contributed by atoms with Crippen LogP contribution in [0.2, 0.25) is 5.02 Å². The highest BCUT2D eigenvalue weighted by molar-refractivity contribution is 9.09. The average molecular weight is 311 g/mol. The molecule has 0 aliphatic carbocycles. The second-order valence-electron chi connectivity index (χ2n) is 3.93. The highest BCUT2D eigenvalue weighted by Gasteiger charge is 2.12. The van der Waals surface area contributed by atoms with Crippen LogP contribution in [0.1, 0.15) is 17.0 Å². The lowest BCUT2D eigenvalue weighted by Gasteiger charge is -2.15. The first-order valence-corrected chi connectivity index (χ1v) is 7.00.